The Balaban J connectivity index is 1.34. The highest BCUT2D eigenvalue weighted by atomic mass is 15.1. The van der Waals surface area contributed by atoms with Crippen LogP contribution in [0.4, 0.5) is 5.82 Å². The number of pyridine rings is 1. The van der Waals surface area contributed by atoms with E-state index in [2.05, 4.69) is 57.4 Å². The highest BCUT2D eigenvalue weighted by Crippen LogP contribution is 2.23. The molecule has 0 saturated carbocycles. The Morgan fingerprint density at radius 1 is 0.966 bits per heavy atom. The molecule has 5 nitrogen and oxygen atoms in total. The van der Waals surface area contributed by atoms with E-state index in [4.69, 9.17) is 4.98 Å². The molecular formula is C24H29N5. The predicted octanol–water partition coefficient (Wildman–Crippen LogP) is 4.48. The number of aromatic nitrogens is 3. The predicted molar refractivity (Wildman–Crippen MR) is 118 cm³/mol. The Kier molecular flexibility index (Phi) is 6.15. The molecule has 4 rings (SSSR count). The standard InChI is InChI=1S/C24H29N5/c1-18-19(2)27-24(22-10-6-7-13-25-22)28-23(18)26-16-20-11-14-29(15-12-20)17-21-8-4-3-5-9-21/h3-10,13,20H,11-12,14-17H2,1-2H3,(H,26,27,28). The fourth-order valence-electron chi connectivity index (χ4n) is 3.84. The van der Waals surface area contributed by atoms with Crippen molar-refractivity contribution in [3.8, 4) is 11.5 Å². The summed E-state index contributed by atoms with van der Waals surface area (Å²) >= 11 is 0. The molecule has 1 saturated heterocycles. The van der Waals surface area contributed by atoms with Crippen LogP contribution in [0.25, 0.3) is 11.5 Å². The number of likely N-dealkylation sites (tertiary alicyclic amines) is 1. The number of rotatable bonds is 6. The number of nitrogens with zero attached hydrogens (tertiary/aromatic N) is 4. The van der Waals surface area contributed by atoms with E-state index >= 15 is 0 Å². The van der Waals surface area contributed by atoms with Crippen molar-refractivity contribution in [3.63, 3.8) is 0 Å². The molecule has 3 heterocycles. The molecule has 3 aromatic rings. The topological polar surface area (TPSA) is 53.9 Å². The minimum absolute atomic E-state index is 0.676. The smallest absolute Gasteiger partial charge is 0.180 e. The lowest BCUT2D eigenvalue weighted by Crippen LogP contribution is -2.35. The summed E-state index contributed by atoms with van der Waals surface area (Å²) in [6.07, 6.45) is 4.22. The first-order chi connectivity index (χ1) is 14.2. The molecular weight excluding hydrogens is 358 g/mol. The van der Waals surface area contributed by atoms with Crippen molar-refractivity contribution >= 4 is 5.82 Å². The Morgan fingerprint density at radius 3 is 2.45 bits per heavy atom. The lowest BCUT2D eigenvalue weighted by Gasteiger charge is -2.32. The third-order valence-electron chi connectivity index (χ3n) is 5.80. The van der Waals surface area contributed by atoms with E-state index in [9.17, 15) is 0 Å². The summed E-state index contributed by atoms with van der Waals surface area (Å²) < 4.78 is 0. The fourth-order valence-corrected chi connectivity index (χ4v) is 3.84. The molecule has 0 atom stereocenters. The first kappa shape index (κ1) is 19.5. The largest absolute Gasteiger partial charge is 0.369 e. The van der Waals surface area contributed by atoms with Crippen LogP contribution in [0.15, 0.2) is 54.7 Å². The maximum absolute atomic E-state index is 4.76. The van der Waals surface area contributed by atoms with Gasteiger partial charge in [-0.05, 0) is 63.4 Å². The van der Waals surface area contributed by atoms with Crippen LogP contribution in [0.3, 0.4) is 0 Å². The molecule has 29 heavy (non-hydrogen) atoms. The van der Waals surface area contributed by atoms with Crippen LogP contribution in [0, 0.1) is 19.8 Å². The quantitative estimate of drug-likeness (QED) is 0.676. The molecule has 1 N–H and O–H groups in total. The second-order valence-electron chi connectivity index (χ2n) is 7.91. The lowest BCUT2D eigenvalue weighted by molar-refractivity contribution is 0.182. The summed E-state index contributed by atoms with van der Waals surface area (Å²) in [6, 6.07) is 16.6. The fraction of sp³-hybridized carbons (Fsp3) is 0.375. The number of hydrogen-bond acceptors (Lipinski definition) is 5. The van der Waals surface area contributed by atoms with Crippen LogP contribution in [0.1, 0.15) is 29.7 Å². The zero-order valence-electron chi connectivity index (χ0n) is 17.3. The highest BCUT2D eigenvalue weighted by Gasteiger charge is 2.20. The van der Waals surface area contributed by atoms with Gasteiger partial charge in [-0.2, -0.15) is 0 Å². The van der Waals surface area contributed by atoms with Gasteiger partial charge in [0.05, 0.1) is 0 Å². The number of benzene rings is 1. The number of piperidine rings is 1. The zero-order chi connectivity index (χ0) is 20.1. The summed E-state index contributed by atoms with van der Waals surface area (Å²) in [7, 11) is 0. The average Bonchev–Trinajstić information content (AvgIpc) is 2.77. The van der Waals surface area contributed by atoms with Gasteiger partial charge in [0.15, 0.2) is 5.82 Å². The number of anilines is 1. The molecule has 1 aliphatic rings. The summed E-state index contributed by atoms with van der Waals surface area (Å²) in [5.41, 5.74) is 4.33. The van der Waals surface area contributed by atoms with E-state index in [0.29, 0.717) is 11.7 Å². The molecule has 0 unspecified atom stereocenters. The third-order valence-corrected chi connectivity index (χ3v) is 5.80. The van der Waals surface area contributed by atoms with Crippen LogP contribution in [0.2, 0.25) is 0 Å². The lowest BCUT2D eigenvalue weighted by atomic mass is 9.96. The van der Waals surface area contributed by atoms with Crippen molar-refractivity contribution in [1.29, 1.82) is 0 Å². The van der Waals surface area contributed by atoms with Gasteiger partial charge in [0.2, 0.25) is 0 Å². The van der Waals surface area contributed by atoms with Gasteiger partial charge < -0.3 is 5.32 Å². The van der Waals surface area contributed by atoms with E-state index < -0.39 is 0 Å². The Labute approximate surface area is 173 Å². The van der Waals surface area contributed by atoms with Crippen molar-refractivity contribution in [2.75, 3.05) is 25.0 Å². The number of nitrogens with one attached hydrogen (secondary N) is 1. The third kappa shape index (κ3) is 4.98. The van der Waals surface area contributed by atoms with E-state index in [-0.39, 0.29) is 0 Å². The molecule has 5 heteroatoms. The Bertz CT molecular complexity index is 919. The van der Waals surface area contributed by atoms with Gasteiger partial charge in [-0.25, -0.2) is 9.97 Å². The van der Waals surface area contributed by atoms with Crippen LogP contribution in [-0.4, -0.2) is 39.5 Å². The maximum Gasteiger partial charge on any atom is 0.180 e. The maximum atomic E-state index is 4.76. The molecule has 150 valence electrons. The summed E-state index contributed by atoms with van der Waals surface area (Å²) in [4.78, 5) is 16.3. The van der Waals surface area contributed by atoms with Gasteiger partial charge in [0.25, 0.3) is 0 Å². The van der Waals surface area contributed by atoms with Crippen molar-refractivity contribution in [2.45, 2.75) is 33.2 Å². The monoisotopic (exact) mass is 387 g/mol. The average molecular weight is 388 g/mol. The summed E-state index contributed by atoms with van der Waals surface area (Å²) in [5, 5.41) is 3.60. The van der Waals surface area contributed by atoms with Crippen LogP contribution >= 0.6 is 0 Å². The van der Waals surface area contributed by atoms with Crippen molar-refractivity contribution in [3.05, 3.63) is 71.5 Å². The van der Waals surface area contributed by atoms with E-state index in [1.165, 1.54) is 18.4 Å². The molecule has 0 radical (unpaired) electrons. The minimum Gasteiger partial charge on any atom is -0.369 e. The normalized spacial score (nSPS) is 15.4. The minimum atomic E-state index is 0.676. The van der Waals surface area contributed by atoms with Crippen molar-refractivity contribution < 1.29 is 0 Å². The van der Waals surface area contributed by atoms with E-state index in [1.807, 2.05) is 25.1 Å². The molecule has 0 spiro atoms. The molecule has 1 aliphatic heterocycles. The van der Waals surface area contributed by atoms with Gasteiger partial charge in [-0.1, -0.05) is 36.4 Å². The van der Waals surface area contributed by atoms with Gasteiger partial charge >= 0.3 is 0 Å². The Hall–Kier alpha value is -2.79. The summed E-state index contributed by atoms with van der Waals surface area (Å²) in [5.74, 6) is 2.30. The van der Waals surface area contributed by atoms with Crippen molar-refractivity contribution in [1.82, 2.24) is 19.9 Å². The molecule has 0 amide bonds. The van der Waals surface area contributed by atoms with E-state index in [0.717, 1.165) is 48.9 Å². The molecule has 1 fully saturated rings. The molecule has 1 aromatic carbocycles. The molecule has 0 bridgehead atoms. The Morgan fingerprint density at radius 2 is 1.72 bits per heavy atom. The second-order valence-corrected chi connectivity index (χ2v) is 7.91. The molecule has 2 aromatic heterocycles. The van der Waals surface area contributed by atoms with Gasteiger partial charge in [-0.15, -0.1) is 0 Å². The SMILES string of the molecule is Cc1nc(-c2ccccn2)nc(NCC2CCN(Cc3ccccc3)CC2)c1C. The van der Waals surface area contributed by atoms with Gasteiger partial charge in [0, 0.05) is 30.5 Å². The van der Waals surface area contributed by atoms with Crippen molar-refractivity contribution in [2.24, 2.45) is 5.92 Å². The summed E-state index contributed by atoms with van der Waals surface area (Å²) in [6.45, 7) is 8.44. The zero-order valence-corrected chi connectivity index (χ0v) is 17.3. The van der Waals surface area contributed by atoms with E-state index in [1.54, 1.807) is 6.20 Å². The number of hydrogen-bond donors (Lipinski definition) is 1. The number of aryl methyl sites for hydroxylation is 1. The van der Waals surface area contributed by atoms with Gasteiger partial charge in [0.1, 0.15) is 11.5 Å². The first-order valence-corrected chi connectivity index (χ1v) is 10.5. The molecule has 0 aliphatic carbocycles. The first-order valence-electron chi connectivity index (χ1n) is 10.5. The second kappa shape index (κ2) is 9.14. The van der Waals surface area contributed by atoms with Crippen LogP contribution in [0.5, 0.6) is 0 Å². The van der Waals surface area contributed by atoms with Crippen LogP contribution < -0.4 is 5.32 Å². The van der Waals surface area contributed by atoms with Crippen LogP contribution in [-0.2, 0) is 6.54 Å². The van der Waals surface area contributed by atoms with Gasteiger partial charge in [-0.3, -0.25) is 9.88 Å². The highest BCUT2D eigenvalue weighted by molar-refractivity contribution is 5.56.